The van der Waals surface area contributed by atoms with Gasteiger partial charge in [0, 0.05) is 18.1 Å². The smallest absolute Gasteiger partial charge is 0.276 e. The maximum atomic E-state index is 13.4. The van der Waals surface area contributed by atoms with Crippen molar-refractivity contribution in [1.29, 1.82) is 0 Å². The number of amides is 1. The van der Waals surface area contributed by atoms with E-state index in [9.17, 15) is 4.79 Å². The zero-order chi connectivity index (χ0) is 18.8. The molecule has 2 fully saturated rings. The lowest BCUT2D eigenvalue weighted by molar-refractivity contribution is 0.0694. The van der Waals surface area contributed by atoms with Gasteiger partial charge in [-0.05, 0) is 45.3 Å². The topological polar surface area (TPSA) is 63.1 Å². The fourth-order valence-corrected chi connectivity index (χ4v) is 5.07. The number of carbonyl (C=O) groups excluding carboxylic acids is 1. The van der Waals surface area contributed by atoms with Crippen LogP contribution in [0.3, 0.4) is 0 Å². The summed E-state index contributed by atoms with van der Waals surface area (Å²) in [5, 5.41) is 12.0. The summed E-state index contributed by atoms with van der Waals surface area (Å²) in [7, 11) is 0. The fraction of sp³-hybridized carbons (Fsp3) is 0.550. The summed E-state index contributed by atoms with van der Waals surface area (Å²) in [6, 6.07) is 8.96. The number of hydrogen-bond acceptors (Lipinski definition) is 5. The van der Waals surface area contributed by atoms with Gasteiger partial charge in [-0.2, -0.15) is 11.8 Å². The van der Waals surface area contributed by atoms with Gasteiger partial charge in [-0.15, -0.1) is 5.10 Å². The van der Waals surface area contributed by atoms with Gasteiger partial charge in [0.25, 0.3) is 5.91 Å². The number of rotatable bonds is 3. The predicted octanol–water partition coefficient (Wildman–Crippen LogP) is 2.75. The minimum absolute atomic E-state index is 0.0126. The SMILES string of the molecule is Cc1ccc(C2CSCCN2C(=O)c2nnn(C3CCNCC3)c2C)cc1. The Morgan fingerprint density at radius 3 is 2.67 bits per heavy atom. The molecule has 1 unspecified atom stereocenters. The Hall–Kier alpha value is -1.86. The number of carbonyl (C=O) groups is 1. The molecule has 2 saturated heterocycles. The molecule has 0 saturated carbocycles. The van der Waals surface area contributed by atoms with Crippen molar-refractivity contribution in [2.24, 2.45) is 0 Å². The van der Waals surface area contributed by atoms with Crippen LogP contribution in [0.1, 0.15) is 52.2 Å². The van der Waals surface area contributed by atoms with Crippen LogP contribution in [0.4, 0.5) is 0 Å². The number of hydrogen-bond donors (Lipinski definition) is 1. The van der Waals surface area contributed by atoms with Crippen LogP contribution in [0.2, 0.25) is 0 Å². The lowest BCUT2D eigenvalue weighted by Gasteiger charge is -2.35. The van der Waals surface area contributed by atoms with Gasteiger partial charge in [0.05, 0.1) is 17.8 Å². The summed E-state index contributed by atoms with van der Waals surface area (Å²) in [5.74, 6) is 1.91. The first kappa shape index (κ1) is 18.5. The van der Waals surface area contributed by atoms with Gasteiger partial charge < -0.3 is 10.2 Å². The Kier molecular flexibility index (Phi) is 5.50. The number of benzene rings is 1. The first-order valence-corrected chi connectivity index (χ1v) is 10.9. The number of piperidine rings is 1. The zero-order valence-corrected chi connectivity index (χ0v) is 16.8. The summed E-state index contributed by atoms with van der Waals surface area (Å²) in [6.45, 7) is 6.81. The Morgan fingerprint density at radius 1 is 1.19 bits per heavy atom. The minimum atomic E-state index is 0.0126. The fourth-order valence-electron chi connectivity index (χ4n) is 3.98. The highest BCUT2D eigenvalue weighted by molar-refractivity contribution is 7.99. The van der Waals surface area contributed by atoms with Crippen molar-refractivity contribution >= 4 is 17.7 Å². The third-order valence-corrected chi connectivity index (χ3v) is 6.66. The van der Waals surface area contributed by atoms with E-state index in [1.54, 1.807) is 0 Å². The van der Waals surface area contributed by atoms with Crippen LogP contribution in [0.15, 0.2) is 24.3 Å². The molecule has 3 heterocycles. The van der Waals surface area contributed by atoms with Crippen molar-refractivity contribution in [3.05, 3.63) is 46.8 Å². The standard InChI is InChI=1S/C20H27N5OS/c1-14-3-5-16(6-4-14)18-13-27-12-11-24(18)20(26)19-15(2)25(23-22-19)17-7-9-21-10-8-17/h3-6,17-18,21H,7-13H2,1-2H3. The molecular weight excluding hydrogens is 358 g/mol. The average Bonchev–Trinajstić information content (AvgIpc) is 3.10. The normalized spacial score (nSPS) is 21.4. The monoisotopic (exact) mass is 385 g/mol. The predicted molar refractivity (Wildman–Crippen MR) is 108 cm³/mol. The van der Waals surface area contributed by atoms with Crippen molar-refractivity contribution in [2.45, 2.75) is 38.8 Å². The summed E-state index contributed by atoms with van der Waals surface area (Å²) < 4.78 is 1.97. The third-order valence-electron chi connectivity index (χ3n) is 5.64. The molecule has 0 spiro atoms. The lowest BCUT2D eigenvalue weighted by Crippen LogP contribution is -2.41. The molecule has 27 heavy (non-hydrogen) atoms. The molecular formula is C20H27N5OS. The molecule has 1 aromatic carbocycles. The molecule has 2 aromatic rings. The Labute approximate surface area is 164 Å². The molecule has 1 amide bonds. The largest absolute Gasteiger partial charge is 0.328 e. The maximum Gasteiger partial charge on any atom is 0.276 e. The maximum absolute atomic E-state index is 13.4. The zero-order valence-electron chi connectivity index (χ0n) is 16.0. The molecule has 144 valence electrons. The molecule has 0 aliphatic carbocycles. The highest BCUT2D eigenvalue weighted by atomic mass is 32.2. The van der Waals surface area contributed by atoms with E-state index in [0.717, 1.165) is 49.7 Å². The third kappa shape index (κ3) is 3.75. The molecule has 7 heteroatoms. The van der Waals surface area contributed by atoms with Crippen LogP contribution < -0.4 is 5.32 Å². The Morgan fingerprint density at radius 2 is 1.93 bits per heavy atom. The molecule has 6 nitrogen and oxygen atoms in total. The van der Waals surface area contributed by atoms with Crippen molar-refractivity contribution in [2.75, 3.05) is 31.1 Å². The number of nitrogens with one attached hydrogen (secondary N) is 1. The molecule has 0 radical (unpaired) electrons. The highest BCUT2D eigenvalue weighted by Crippen LogP contribution is 2.31. The highest BCUT2D eigenvalue weighted by Gasteiger charge is 2.32. The molecule has 4 rings (SSSR count). The lowest BCUT2D eigenvalue weighted by atomic mass is 10.0. The average molecular weight is 386 g/mol. The van der Waals surface area contributed by atoms with E-state index < -0.39 is 0 Å². The Bertz CT molecular complexity index is 797. The second kappa shape index (κ2) is 8.02. The second-order valence-corrected chi connectivity index (χ2v) is 8.60. The molecule has 1 atom stereocenters. The minimum Gasteiger partial charge on any atom is -0.328 e. The van der Waals surface area contributed by atoms with Gasteiger partial charge in [-0.3, -0.25) is 4.79 Å². The molecule has 2 aliphatic rings. The van der Waals surface area contributed by atoms with Gasteiger partial charge in [-0.1, -0.05) is 35.0 Å². The molecule has 1 N–H and O–H groups in total. The van der Waals surface area contributed by atoms with Crippen molar-refractivity contribution in [1.82, 2.24) is 25.2 Å². The van der Waals surface area contributed by atoms with Gasteiger partial charge in [0.2, 0.25) is 0 Å². The van der Waals surface area contributed by atoms with Gasteiger partial charge >= 0.3 is 0 Å². The first-order valence-electron chi connectivity index (χ1n) is 9.73. The summed E-state index contributed by atoms with van der Waals surface area (Å²) >= 11 is 1.91. The van der Waals surface area contributed by atoms with E-state index in [2.05, 4.69) is 46.8 Å². The van der Waals surface area contributed by atoms with Crippen LogP contribution in [0.5, 0.6) is 0 Å². The van der Waals surface area contributed by atoms with E-state index >= 15 is 0 Å². The number of aromatic nitrogens is 3. The Balaban J connectivity index is 1.58. The summed E-state index contributed by atoms with van der Waals surface area (Å²) in [4.78, 5) is 15.3. The first-order chi connectivity index (χ1) is 13.1. The van der Waals surface area contributed by atoms with Crippen molar-refractivity contribution in [3.8, 4) is 0 Å². The van der Waals surface area contributed by atoms with Crippen LogP contribution in [-0.2, 0) is 0 Å². The van der Waals surface area contributed by atoms with E-state index in [4.69, 9.17) is 0 Å². The van der Waals surface area contributed by atoms with E-state index in [1.807, 2.05) is 28.3 Å². The van der Waals surface area contributed by atoms with Crippen LogP contribution in [0, 0.1) is 13.8 Å². The molecule has 0 bridgehead atoms. The molecule has 1 aromatic heterocycles. The van der Waals surface area contributed by atoms with Gasteiger partial charge in [-0.25, -0.2) is 4.68 Å². The van der Waals surface area contributed by atoms with Crippen LogP contribution in [0.25, 0.3) is 0 Å². The van der Waals surface area contributed by atoms with E-state index in [-0.39, 0.29) is 11.9 Å². The number of nitrogens with zero attached hydrogens (tertiary/aromatic N) is 4. The number of aryl methyl sites for hydroxylation is 1. The van der Waals surface area contributed by atoms with Gasteiger partial charge in [0.1, 0.15) is 0 Å². The second-order valence-electron chi connectivity index (χ2n) is 7.45. The van der Waals surface area contributed by atoms with Crippen molar-refractivity contribution < 1.29 is 4.79 Å². The number of thioether (sulfide) groups is 1. The van der Waals surface area contributed by atoms with Gasteiger partial charge in [0.15, 0.2) is 5.69 Å². The van der Waals surface area contributed by atoms with E-state index in [1.165, 1.54) is 11.1 Å². The summed E-state index contributed by atoms with van der Waals surface area (Å²) in [5.41, 5.74) is 3.84. The summed E-state index contributed by atoms with van der Waals surface area (Å²) in [6.07, 6.45) is 2.06. The van der Waals surface area contributed by atoms with E-state index in [0.29, 0.717) is 11.7 Å². The van der Waals surface area contributed by atoms with Crippen LogP contribution >= 0.6 is 11.8 Å². The quantitative estimate of drug-likeness (QED) is 0.880. The molecule has 2 aliphatic heterocycles. The van der Waals surface area contributed by atoms with Crippen molar-refractivity contribution in [3.63, 3.8) is 0 Å². The van der Waals surface area contributed by atoms with Crippen LogP contribution in [-0.4, -0.2) is 56.9 Å².